The third-order valence-electron chi connectivity index (χ3n) is 4.30. The Bertz CT molecular complexity index is 570. The zero-order valence-electron chi connectivity index (χ0n) is 15.9. The van der Waals surface area contributed by atoms with Crippen LogP contribution < -0.4 is 5.32 Å². The summed E-state index contributed by atoms with van der Waals surface area (Å²) in [7, 11) is -2.37. The highest BCUT2D eigenvalue weighted by Gasteiger charge is 2.41. The van der Waals surface area contributed by atoms with Gasteiger partial charge in [-0.2, -0.15) is 0 Å². The van der Waals surface area contributed by atoms with E-state index in [1.807, 2.05) is 0 Å². The maximum Gasteiger partial charge on any atom is 0.347 e. The number of nitrogens with one attached hydrogen (secondary N) is 1. The van der Waals surface area contributed by atoms with Crippen LogP contribution >= 0.6 is 7.60 Å². The first-order valence-electron chi connectivity index (χ1n) is 8.87. The molecule has 150 valence electrons. The number of rotatable bonds is 10. The highest BCUT2D eigenvalue weighted by atomic mass is 31.2. The third kappa shape index (κ3) is 6.46. The number of carbonyl (C=O) groups excluding carboxylic acids is 3. The van der Waals surface area contributed by atoms with Crippen molar-refractivity contribution in [3.8, 4) is 0 Å². The first-order chi connectivity index (χ1) is 12.1. The van der Waals surface area contributed by atoms with Crippen LogP contribution in [0.4, 0.5) is 0 Å². The molecule has 3 unspecified atom stereocenters. The van der Waals surface area contributed by atoms with Gasteiger partial charge in [-0.05, 0) is 14.0 Å². The fraction of sp³-hybridized carbons (Fsp3) is 0.812. The van der Waals surface area contributed by atoms with Crippen LogP contribution in [-0.4, -0.2) is 77.4 Å². The Morgan fingerprint density at radius 3 is 2.46 bits per heavy atom. The fourth-order valence-electron chi connectivity index (χ4n) is 2.96. The predicted molar refractivity (Wildman–Crippen MR) is 96.6 cm³/mol. The molecule has 0 aromatic carbocycles. The summed E-state index contributed by atoms with van der Waals surface area (Å²) >= 11 is 0. The van der Waals surface area contributed by atoms with Crippen LogP contribution in [0, 0.1) is 0 Å². The molecule has 1 aliphatic rings. The second kappa shape index (κ2) is 10.2. The SMILES string of the molecule is CCC(=O)N(CCNC)CP(=O)(O)OC1CC(C(C)=O)N(C(=O)CC)C1. The van der Waals surface area contributed by atoms with E-state index in [4.69, 9.17) is 4.52 Å². The van der Waals surface area contributed by atoms with Gasteiger partial charge in [-0.1, -0.05) is 13.8 Å². The van der Waals surface area contributed by atoms with Gasteiger partial charge < -0.3 is 24.5 Å². The lowest BCUT2D eigenvalue weighted by Gasteiger charge is -2.26. The normalized spacial score (nSPS) is 22.1. The Morgan fingerprint density at radius 1 is 1.31 bits per heavy atom. The van der Waals surface area contributed by atoms with Crippen LogP contribution in [0.25, 0.3) is 0 Å². The van der Waals surface area contributed by atoms with Crippen LogP contribution in [0.3, 0.4) is 0 Å². The van der Waals surface area contributed by atoms with Crippen LogP contribution in [0.2, 0.25) is 0 Å². The Kier molecular flexibility index (Phi) is 8.89. The van der Waals surface area contributed by atoms with Gasteiger partial charge in [0.15, 0.2) is 5.78 Å². The summed E-state index contributed by atoms with van der Waals surface area (Å²) in [6.45, 7) is 5.64. The van der Waals surface area contributed by atoms with Crippen molar-refractivity contribution in [1.82, 2.24) is 15.1 Å². The summed E-state index contributed by atoms with van der Waals surface area (Å²) in [6.07, 6.45) is -0.471. The maximum absolute atomic E-state index is 12.5. The zero-order valence-corrected chi connectivity index (χ0v) is 16.8. The summed E-state index contributed by atoms with van der Waals surface area (Å²) in [4.78, 5) is 48.7. The molecular formula is C16H30N3O6P. The van der Waals surface area contributed by atoms with Crippen LogP contribution in [0.5, 0.6) is 0 Å². The van der Waals surface area contributed by atoms with Crippen molar-refractivity contribution < 1.29 is 28.4 Å². The van der Waals surface area contributed by atoms with E-state index in [-0.39, 0.29) is 49.9 Å². The van der Waals surface area contributed by atoms with Crippen molar-refractivity contribution in [1.29, 1.82) is 0 Å². The first-order valence-corrected chi connectivity index (χ1v) is 10.6. The number of ketones is 1. The largest absolute Gasteiger partial charge is 0.347 e. The molecule has 1 rings (SSSR count). The maximum atomic E-state index is 12.5. The minimum Gasteiger partial charge on any atom is -0.330 e. The lowest BCUT2D eigenvalue weighted by Crippen LogP contribution is -2.39. The molecule has 9 nitrogen and oxygen atoms in total. The smallest absolute Gasteiger partial charge is 0.330 e. The summed E-state index contributed by atoms with van der Waals surface area (Å²) < 4.78 is 17.9. The predicted octanol–water partition coefficient (Wildman–Crippen LogP) is 0.572. The van der Waals surface area contributed by atoms with Gasteiger partial charge in [-0.15, -0.1) is 0 Å². The molecule has 26 heavy (non-hydrogen) atoms. The van der Waals surface area contributed by atoms with Crippen LogP contribution in [-0.2, 0) is 23.5 Å². The van der Waals surface area contributed by atoms with Crippen molar-refractivity contribution in [3.05, 3.63) is 0 Å². The monoisotopic (exact) mass is 391 g/mol. The minimum atomic E-state index is -4.10. The number of Topliss-reactive ketones (excluding diaryl/α,β-unsaturated/α-hetero) is 1. The highest BCUT2D eigenvalue weighted by Crippen LogP contribution is 2.46. The average molecular weight is 391 g/mol. The van der Waals surface area contributed by atoms with Gasteiger partial charge in [0.05, 0.1) is 12.1 Å². The molecule has 0 spiro atoms. The van der Waals surface area contributed by atoms with E-state index in [1.54, 1.807) is 20.9 Å². The molecular weight excluding hydrogens is 361 g/mol. The fourth-order valence-corrected chi connectivity index (χ4v) is 4.38. The van der Waals surface area contributed by atoms with Crippen molar-refractivity contribution in [2.75, 3.05) is 33.0 Å². The lowest BCUT2D eigenvalue weighted by atomic mass is 10.1. The molecule has 0 aliphatic carbocycles. The topological polar surface area (TPSA) is 116 Å². The van der Waals surface area contributed by atoms with E-state index in [0.29, 0.717) is 6.54 Å². The zero-order chi connectivity index (χ0) is 19.9. The van der Waals surface area contributed by atoms with Crippen molar-refractivity contribution in [3.63, 3.8) is 0 Å². The Hall–Kier alpha value is -1.28. The van der Waals surface area contributed by atoms with E-state index in [0.717, 1.165) is 0 Å². The number of amides is 2. The lowest BCUT2D eigenvalue weighted by molar-refractivity contribution is -0.136. The molecule has 0 bridgehead atoms. The van der Waals surface area contributed by atoms with E-state index in [1.165, 1.54) is 16.7 Å². The molecule has 10 heteroatoms. The number of likely N-dealkylation sites (N-methyl/N-ethyl adjacent to an activating group) is 1. The van der Waals surface area contributed by atoms with E-state index in [9.17, 15) is 23.8 Å². The van der Waals surface area contributed by atoms with Crippen molar-refractivity contribution >= 4 is 25.2 Å². The van der Waals surface area contributed by atoms with Gasteiger partial charge in [-0.25, -0.2) is 0 Å². The van der Waals surface area contributed by atoms with Gasteiger partial charge in [0.25, 0.3) is 0 Å². The Labute approximate surface area is 154 Å². The molecule has 1 fully saturated rings. The van der Waals surface area contributed by atoms with E-state index < -0.39 is 26.0 Å². The van der Waals surface area contributed by atoms with Crippen LogP contribution in [0.15, 0.2) is 0 Å². The van der Waals surface area contributed by atoms with Gasteiger partial charge in [0.1, 0.15) is 6.29 Å². The quantitative estimate of drug-likeness (QED) is 0.523. The first kappa shape index (κ1) is 22.8. The van der Waals surface area contributed by atoms with E-state index >= 15 is 0 Å². The van der Waals surface area contributed by atoms with Crippen molar-refractivity contribution in [2.45, 2.75) is 52.2 Å². The molecule has 1 heterocycles. The van der Waals surface area contributed by atoms with Gasteiger partial charge in [0, 0.05) is 38.9 Å². The molecule has 3 atom stereocenters. The summed E-state index contributed by atoms with van der Waals surface area (Å²) in [6, 6.07) is -0.634. The summed E-state index contributed by atoms with van der Waals surface area (Å²) in [5, 5.41) is 2.89. The van der Waals surface area contributed by atoms with Crippen molar-refractivity contribution in [2.24, 2.45) is 0 Å². The Morgan fingerprint density at radius 2 is 1.96 bits per heavy atom. The van der Waals surface area contributed by atoms with Gasteiger partial charge in [-0.3, -0.25) is 18.9 Å². The summed E-state index contributed by atoms with van der Waals surface area (Å²) in [5.41, 5.74) is 0. The molecule has 1 saturated heterocycles. The molecule has 2 N–H and O–H groups in total. The second-order valence-electron chi connectivity index (χ2n) is 6.38. The van der Waals surface area contributed by atoms with E-state index in [2.05, 4.69) is 5.32 Å². The number of nitrogens with zero attached hydrogens (tertiary/aromatic N) is 2. The number of hydrogen-bond acceptors (Lipinski definition) is 6. The van der Waals surface area contributed by atoms with Gasteiger partial charge in [0.2, 0.25) is 11.8 Å². The molecule has 2 amide bonds. The number of hydrogen-bond donors (Lipinski definition) is 2. The number of likely N-dealkylation sites (tertiary alicyclic amines) is 1. The summed E-state index contributed by atoms with van der Waals surface area (Å²) in [5.74, 6) is -0.614. The highest BCUT2D eigenvalue weighted by molar-refractivity contribution is 7.52. The van der Waals surface area contributed by atoms with Gasteiger partial charge >= 0.3 is 7.60 Å². The molecule has 0 radical (unpaired) electrons. The third-order valence-corrected chi connectivity index (χ3v) is 5.63. The Balaban J connectivity index is 2.78. The second-order valence-corrected chi connectivity index (χ2v) is 8.15. The minimum absolute atomic E-state index is 0.0969. The molecule has 0 aromatic heterocycles. The standard InChI is InChI=1S/C16H30N3O6P/c1-5-15(21)18(8-7-17-4)11-26(23,24)25-13-9-14(12(3)20)19(10-13)16(22)6-2/h13-14,17H,5-11H2,1-4H3,(H,23,24). The molecule has 1 aliphatic heterocycles. The molecule has 0 saturated carbocycles. The van der Waals surface area contributed by atoms with Crippen LogP contribution in [0.1, 0.15) is 40.0 Å². The number of carbonyl (C=O) groups is 3. The average Bonchev–Trinajstić information content (AvgIpc) is 3.00. The molecule has 0 aromatic rings.